The molecule has 1 saturated heterocycles. The van der Waals surface area contributed by atoms with E-state index in [1.165, 1.54) is 0 Å². The van der Waals surface area contributed by atoms with Gasteiger partial charge in [-0.3, -0.25) is 4.79 Å². The molecule has 0 radical (unpaired) electrons. The Kier molecular flexibility index (Phi) is 4.91. The SMILES string of the molecule is CN1CCC(NC(=O)N[C@H]2[C@@H]3c4cc(Oc5ccnc6c5CCC(=O)N6)ccc4OC23C)CC1. The highest BCUT2D eigenvalue weighted by molar-refractivity contribution is 5.93. The monoisotopic (exact) mass is 463 g/mol. The van der Waals surface area contributed by atoms with Crippen molar-refractivity contribution >= 4 is 17.8 Å². The molecule has 4 heterocycles. The van der Waals surface area contributed by atoms with Gasteiger partial charge in [0.05, 0.1) is 12.0 Å². The molecule has 1 saturated carbocycles. The van der Waals surface area contributed by atoms with Gasteiger partial charge >= 0.3 is 6.03 Å². The van der Waals surface area contributed by atoms with Crippen LogP contribution in [0.3, 0.4) is 0 Å². The van der Waals surface area contributed by atoms with Gasteiger partial charge in [-0.25, -0.2) is 9.78 Å². The molecule has 3 atom stereocenters. The minimum absolute atomic E-state index is 0.0294. The van der Waals surface area contributed by atoms with Crippen LogP contribution in [0, 0.1) is 0 Å². The molecule has 0 spiro atoms. The molecule has 34 heavy (non-hydrogen) atoms. The fourth-order valence-corrected chi connectivity index (χ4v) is 5.50. The number of rotatable bonds is 4. The van der Waals surface area contributed by atoms with Crippen LogP contribution in [0.2, 0.25) is 0 Å². The Labute approximate surface area is 198 Å². The zero-order valence-electron chi connectivity index (χ0n) is 19.4. The van der Waals surface area contributed by atoms with Crippen molar-refractivity contribution in [2.24, 2.45) is 0 Å². The maximum atomic E-state index is 12.6. The van der Waals surface area contributed by atoms with Gasteiger partial charge < -0.3 is 30.3 Å². The van der Waals surface area contributed by atoms with Crippen LogP contribution >= 0.6 is 0 Å². The third kappa shape index (κ3) is 3.64. The summed E-state index contributed by atoms with van der Waals surface area (Å²) in [7, 11) is 2.11. The van der Waals surface area contributed by atoms with E-state index in [0.717, 1.165) is 42.8 Å². The summed E-state index contributed by atoms with van der Waals surface area (Å²) in [6.45, 7) is 4.04. The topological polar surface area (TPSA) is 105 Å². The maximum Gasteiger partial charge on any atom is 0.315 e. The number of carbonyl (C=O) groups excluding carboxylic acids is 2. The molecule has 2 aromatic rings. The summed E-state index contributed by atoms with van der Waals surface area (Å²) < 4.78 is 12.4. The summed E-state index contributed by atoms with van der Waals surface area (Å²) in [6, 6.07) is 7.63. The van der Waals surface area contributed by atoms with Crippen molar-refractivity contribution in [3.63, 3.8) is 0 Å². The first kappa shape index (κ1) is 21.2. The number of ether oxygens (including phenoxy) is 2. The summed E-state index contributed by atoms with van der Waals surface area (Å²) in [6.07, 6.45) is 4.59. The number of urea groups is 1. The Hall–Kier alpha value is -3.33. The first-order valence-electron chi connectivity index (χ1n) is 11.9. The molecule has 1 unspecified atom stereocenters. The van der Waals surface area contributed by atoms with Crippen molar-refractivity contribution in [3.8, 4) is 17.2 Å². The lowest BCUT2D eigenvalue weighted by atomic mass is 10.1. The second-order valence-electron chi connectivity index (χ2n) is 9.92. The standard InChI is InChI=1S/C25H29N5O4/c1-25-21(22(25)29-24(32)27-14-8-11-30(2)12-9-14)17-13-15(3-5-19(17)34-25)33-18-7-10-26-23-16(18)4-6-20(31)28-23/h3,5,7,10,13-14,21-22H,4,6,8-9,11-12H2,1-2H3,(H,26,28,31)(H2,27,29,32)/t21-,22-,25?/m0/s1. The van der Waals surface area contributed by atoms with Crippen LogP contribution in [0.4, 0.5) is 10.6 Å². The molecule has 1 aromatic carbocycles. The van der Waals surface area contributed by atoms with Crippen LogP contribution < -0.4 is 25.4 Å². The molecule has 9 nitrogen and oxygen atoms in total. The van der Waals surface area contributed by atoms with Gasteiger partial charge in [0.2, 0.25) is 5.91 Å². The van der Waals surface area contributed by atoms with Crippen molar-refractivity contribution < 1.29 is 19.1 Å². The van der Waals surface area contributed by atoms with Crippen LogP contribution in [0.1, 0.15) is 43.2 Å². The molecule has 0 bridgehead atoms. The number of piperidine rings is 1. The van der Waals surface area contributed by atoms with E-state index in [1.54, 1.807) is 6.20 Å². The number of nitrogens with zero attached hydrogens (tertiary/aromatic N) is 2. The number of amides is 3. The average molecular weight is 464 g/mol. The largest absolute Gasteiger partial charge is 0.484 e. The van der Waals surface area contributed by atoms with Crippen molar-refractivity contribution in [2.45, 2.75) is 56.2 Å². The number of anilines is 1. The molecule has 1 aromatic heterocycles. The third-order valence-corrected chi connectivity index (χ3v) is 7.55. The second kappa shape index (κ2) is 7.87. The van der Waals surface area contributed by atoms with Gasteiger partial charge in [-0.1, -0.05) is 0 Å². The minimum Gasteiger partial charge on any atom is -0.484 e. The van der Waals surface area contributed by atoms with E-state index in [2.05, 4.69) is 32.9 Å². The van der Waals surface area contributed by atoms with Crippen LogP contribution in [-0.4, -0.2) is 59.6 Å². The predicted octanol–water partition coefficient (Wildman–Crippen LogP) is 2.77. The lowest BCUT2D eigenvalue weighted by Crippen LogP contribution is -2.48. The van der Waals surface area contributed by atoms with E-state index in [9.17, 15) is 9.59 Å². The van der Waals surface area contributed by atoms with E-state index in [0.29, 0.717) is 30.2 Å². The van der Waals surface area contributed by atoms with Gasteiger partial charge in [-0.05, 0) is 70.6 Å². The summed E-state index contributed by atoms with van der Waals surface area (Å²) in [5.74, 6) is 2.83. The fourth-order valence-electron chi connectivity index (χ4n) is 5.50. The Bertz CT molecular complexity index is 1160. The Morgan fingerprint density at radius 2 is 2.06 bits per heavy atom. The molecule has 3 aliphatic heterocycles. The molecule has 1 aliphatic carbocycles. The number of fused-ring (bicyclic) bond motifs is 4. The van der Waals surface area contributed by atoms with E-state index >= 15 is 0 Å². The van der Waals surface area contributed by atoms with Gasteiger partial charge in [-0.2, -0.15) is 0 Å². The zero-order chi connectivity index (χ0) is 23.4. The minimum atomic E-state index is -0.439. The Morgan fingerprint density at radius 1 is 1.24 bits per heavy atom. The zero-order valence-corrected chi connectivity index (χ0v) is 19.4. The van der Waals surface area contributed by atoms with Crippen molar-refractivity contribution in [2.75, 3.05) is 25.5 Å². The lowest BCUT2D eigenvalue weighted by Gasteiger charge is -2.29. The number of hydrogen-bond acceptors (Lipinski definition) is 6. The quantitative estimate of drug-likeness (QED) is 0.644. The number of hydrogen-bond donors (Lipinski definition) is 3. The summed E-state index contributed by atoms with van der Waals surface area (Å²) >= 11 is 0. The molecule has 9 heteroatoms. The number of aromatic nitrogens is 1. The summed E-state index contributed by atoms with van der Waals surface area (Å²) in [5, 5.41) is 9.06. The van der Waals surface area contributed by atoms with E-state index in [4.69, 9.17) is 9.47 Å². The van der Waals surface area contributed by atoms with Crippen LogP contribution in [0.25, 0.3) is 0 Å². The van der Waals surface area contributed by atoms with Gasteiger partial charge in [0, 0.05) is 29.8 Å². The van der Waals surface area contributed by atoms with Crippen LogP contribution in [0.5, 0.6) is 17.2 Å². The summed E-state index contributed by atoms with van der Waals surface area (Å²) in [5.41, 5.74) is 1.51. The lowest BCUT2D eigenvalue weighted by molar-refractivity contribution is -0.116. The second-order valence-corrected chi connectivity index (χ2v) is 9.92. The van der Waals surface area contributed by atoms with Gasteiger partial charge in [-0.15, -0.1) is 0 Å². The number of likely N-dealkylation sites (tertiary alicyclic amines) is 1. The third-order valence-electron chi connectivity index (χ3n) is 7.55. The first-order valence-corrected chi connectivity index (χ1v) is 11.9. The van der Waals surface area contributed by atoms with Gasteiger partial charge in [0.15, 0.2) is 0 Å². The van der Waals surface area contributed by atoms with Crippen molar-refractivity contribution in [1.82, 2.24) is 20.5 Å². The first-order chi connectivity index (χ1) is 16.4. The molecule has 6 rings (SSSR count). The molecule has 178 valence electrons. The smallest absolute Gasteiger partial charge is 0.315 e. The van der Waals surface area contributed by atoms with E-state index in [1.807, 2.05) is 31.2 Å². The normalized spacial score (nSPS) is 27.5. The fraction of sp³-hybridized carbons (Fsp3) is 0.480. The maximum absolute atomic E-state index is 12.6. The van der Waals surface area contributed by atoms with Crippen molar-refractivity contribution in [3.05, 3.63) is 41.6 Å². The van der Waals surface area contributed by atoms with Crippen molar-refractivity contribution in [1.29, 1.82) is 0 Å². The number of nitrogens with one attached hydrogen (secondary N) is 3. The highest BCUT2D eigenvalue weighted by atomic mass is 16.5. The number of benzene rings is 1. The van der Waals surface area contributed by atoms with Crippen LogP contribution in [0.15, 0.2) is 30.5 Å². The van der Waals surface area contributed by atoms with E-state index in [-0.39, 0.29) is 29.9 Å². The number of pyridine rings is 1. The molecule has 3 N–H and O–H groups in total. The number of carbonyl (C=O) groups is 2. The molecule has 2 fully saturated rings. The highest BCUT2D eigenvalue weighted by Gasteiger charge is 2.70. The molecule has 4 aliphatic rings. The van der Waals surface area contributed by atoms with Crippen LogP contribution in [-0.2, 0) is 11.2 Å². The molecule has 3 amide bonds. The molecular weight excluding hydrogens is 434 g/mol. The predicted molar refractivity (Wildman–Crippen MR) is 125 cm³/mol. The van der Waals surface area contributed by atoms with Gasteiger partial charge in [0.1, 0.15) is 28.7 Å². The Balaban J connectivity index is 1.14. The van der Waals surface area contributed by atoms with Gasteiger partial charge in [0.25, 0.3) is 0 Å². The average Bonchev–Trinajstić information content (AvgIpc) is 3.23. The van der Waals surface area contributed by atoms with E-state index < -0.39 is 5.60 Å². The highest BCUT2D eigenvalue weighted by Crippen LogP contribution is 2.62. The molecular formula is C25H29N5O4. The Morgan fingerprint density at radius 3 is 2.88 bits per heavy atom. The summed E-state index contributed by atoms with van der Waals surface area (Å²) in [4.78, 5) is 30.9.